The van der Waals surface area contributed by atoms with Gasteiger partial charge in [-0.1, -0.05) is 57.4 Å². The minimum Gasteiger partial charge on any atom is -0.336 e. The molecule has 164 valence electrons. The van der Waals surface area contributed by atoms with Crippen LogP contribution >= 0.6 is 0 Å². The molecule has 1 aliphatic heterocycles. The Bertz CT molecular complexity index is 796. The van der Waals surface area contributed by atoms with Gasteiger partial charge in [0, 0.05) is 12.1 Å². The number of hydrogen-bond donors (Lipinski definition) is 1. The van der Waals surface area contributed by atoms with E-state index in [-0.39, 0.29) is 30.4 Å². The van der Waals surface area contributed by atoms with Crippen LogP contribution in [0.3, 0.4) is 0 Å². The first-order valence-electron chi connectivity index (χ1n) is 11.2. The maximum absolute atomic E-state index is 13.2. The van der Waals surface area contributed by atoms with Gasteiger partial charge in [0.2, 0.25) is 5.91 Å². The lowest BCUT2D eigenvalue weighted by molar-refractivity contribution is -0.142. The summed E-state index contributed by atoms with van der Waals surface area (Å²) in [6, 6.07) is 7.49. The van der Waals surface area contributed by atoms with E-state index in [1.165, 1.54) is 12.0 Å². The van der Waals surface area contributed by atoms with Gasteiger partial charge in [0.05, 0.1) is 0 Å². The number of benzene rings is 1. The second-order valence-electron chi connectivity index (χ2n) is 9.41. The largest absolute Gasteiger partial charge is 0.336 e. The van der Waals surface area contributed by atoms with Crippen molar-refractivity contribution in [2.45, 2.75) is 90.3 Å². The third kappa shape index (κ3) is 4.23. The van der Waals surface area contributed by atoms with Gasteiger partial charge in [0.1, 0.15) is 12.1 Å². The number of nitrogens with zero attached hydrogens (tertiary/aromatic N) is 2. The van der Waals surface area contributed by atoms with Gasteiger partial charge in [0.25, 0.3) is 5.91 Å². The van der Waals surface area contributed by atoms with Gasteiger partial charge in [-0.2, -0.15) is 0 Å². The van der Waals surface area contributed by atoms with Gasteiger partial charge < -0.3 is 10.2 Å². The van der Waals surface area contributed by atoms with E-state index in [9.17, 15) is 14.4 Å². The lowest BCUT2D eigenvalue weighted by atomic mass is 9.90. The molecule has 1 unspecified atom stereocenters. The molecule has 0 spiro atoms. The molecule has 0 radical (unpaired) electrons. The molecule has 1 N–H and O–H groups in total. The zero-order chi connectivity index (χ0) is 22.1. The van der Waals surface area contributed by atoms with E-state index >= 15 is 0 Å². The second kappa shape index (κ2) is 8.78. The Labute approximate surface area is 180 Å². The summed E-state index contributed by atoms with van der Waals surface area (Å²) in [4.78, 5) is 42.0. The summed E-state index contributed by atoms with van der Waals surface area (Å²) in [7, 11) is 0. The molecular weight excluding hydrogens is 378 g/mol. The maximum atomic E-state index is 13.2. The first-order chi connectivity index (χ1) is 14.1. The average molecular weight is 414 g/mol. The highest BCUT2D eigenvalue weighted by Gasteiger charge is 2.50. The number of hydrogen-bond acceptors (Lipinski definition) is 3. The highest BCUT2D eigenvalue weighted by Crippen LogP contribution is 2.31. The van der Waals surface area contributed by atoms with Gasteiger partial charge in [-0.3, -0.25) is 14.5 Å². The minimum atomic E-state index is -1.15. The van der Waals surface area contributed by atoms with E-state index in [1.54, 1.807) is 6.92 Å². The van der Waals surface area contributed by atoms with Crippen molar-refractivity contribution in [2.75, 3.05) is 6.54 Å². The highest BCUT2D eigenvalue weighted by molar-refractivity contribution is 6.09. The fraction of sp³-hybridized carbons (Fsp3) is 0.625. The highest BCUT2D eigenvalue weighted by atomic mass is 16.2. The molecular formula is C24H35N3O3. The average Bonchev–Trinajstić information content (AvgIpc) is 2.92. The van der Waals surface area contributed by atoms with Gasteiger partial charge in [0.15, 0.2) is 0 Å². The van der Waals surface area contributed by atoms with Crippen LogP contribution < -0.4 is 5.32 Å². The number of amides is 4. The molecule has 1 atom stereocenters. The third-order valence-electron chi connectivity index (χ3n) is 6.54. The van der Waals surface area contributed by atoms with Crippen LogP contribution in [0, 0.1) is 0 Å². The number of carbonyl (C=O) groups excluding carboxylic acids is 3. The first-order valence-corrected chi connectivity index (χ1v) is 11.2. The molecule has 30 heavy (non-hydrogen) atoms. The number of urea groups is 1. The molecule has 1 aromatic rings. The van der Waals surface area contributed by atoms with Crippen LogP contribution in [0.15, 0.2) is 24.3 Å². The molecule has 6 heteroatoms. The molecule has 0 bridgehead atoms. The molecule has 1 saturated heterocycles. The Hall–Kier alpha value is -2.37. The Kier molecular flexibility index (Phi) is 6.53. The molecule has 1 saturated carbocycles. The Morgan fingerprint density at radius 2 is 1.70 bits per heavy atom. The van der Waals surface area contributed by atoms with E-state index < -0.39 is 11.6 Å². The zero-order valence-electron chi connectivity index (χ0n) is 18.9. The second-order valence-corrected chi connectivity index (χ2v) is 9.41. The predicted octanol–water partition coefficient (Wildman–Crippen LogP) is 4.15. The molecule has 2 aliphatic rings. The van der Waals surface area contributed by atoms with Crippen molar-refractivity contribution in [1.82, 2.24) is 15.1 Å². The van der Waals surface area contributed by atoms with Crippen LogP contribution in [0.1, 0.15) is 83.8 Å². The molecule has 3 rings (SSSR count). The van der Waals surface area contributed by atoms with Crippen molar-refractivity contribution >= 4 is 17.8 Å². The Morgan fingerprint density at radius 3 is 2.23 bits per heavy atom. The van der Waals surface area contributed by atoms with Crippen molar-refractivity contribution in [3.8, 4) is 0 Å². The molecule has 4 amide bonds. The van der Waals surface area contributed by atoms with Crippen LogP contribution in [0.25, 0.3) is 0 Å². The summed E-state index contributed by atoms with van der Waals surface area (Å²) in [5, 5.41) is 2.81. The maximum Gasteiger partial charge on any atom is 0.325 e. The number of carbonyl (C=O) groups is 3. The van der Waals surface area contributed by atoms with Crippen LogP contribution in [-0.2, 0) is 15.1 Å². The fourth-order valence-electron chi connectivity index (χ4n) is 4.73. The number of rotatable bonds is 6. The van der Waals surface area contributed by atoms with Crippen molar-refractivity contribution in [1.29, 1.82) is 0 Å². The third-order valence-corrected chi connectivity index (χ3v) is 6.54. The van der Waals surface area contributed by atoms with E-state index in [1.807, 2.05) is 43.0 Å². The molecule has 6 nitrogen and oxygen atoms in total. The lowest BCUT2D eigenvalue weighted by Crippen LogP contribution is -2.51. The van der Waals surface area contributed by atoms with E-state index in [0.717, 1.165) is 36.1 Å². The van der Waals surface area contributed by atoms with Gasteiger partial charge >= 0.3 is 6.03 Å². The molecule has 1 heterocycles. The van der Waals surface area contributed by atoms with Gasteiger partial charge in [-0.25, -0.2) is 4.79 Å². The molecule has 0 aromatic heterocycles. The van der Waals surface area contributed by atoms with Crippen molar-refractivity contribution in [3.05, 3.63) is 35.4 Å². The summed E-state index contributed by atoms with van der Waals surface area (Å²) in [5.74, 6) is -0.137. The quantitative estimate of drug-likeness (QED) is 0.713. The van der Waals surface area contributed by atoms with Crippen LogP contribution in [0.4, 0.5) is 4.79 Å². The minimum absolute atomic E-state index is 0.0383. The topological polar surface area (TPSA) is 69.7 Å². The lowest BCUT2D eigenvalue weighted by Gasteiger charge is -2.38. The summed E-state index contributed by atoms with van der Waals surface area (Å²) in [6.45, 7) is 9.72. The Balaban J connectivity index is 1.77. The SMILES string of the molecule is CC(C)c1ccc(C2(C)NC(=O)N(CC(=O)N(C(C)C)C3CCCCC3)C2=O)cc1. The fourth-order valence-corrected chi connectivity index (χ4v) is 4.73. The van der Waals surface area contributed by atoms with Crippen LogP contribution in [0.2, 0.25) is 0 Å². The summed E-state index contributed by atoms with van der Waals surface area (Å²) < 4.78 is 0. The smallest absolute Gasteiger partial charge is 0.325 e. The summed E-state index contributed by atoms with van der Waals surface area (Å²) in [6.07, 6.45) is 5.43. The monoisotopic (exact) mass is 413 g/mol. The number of nitrogens with one attached hydrogen (secondary N) is 1. The van der Waals surface area contributed by atoms with Crippen molar-refractivity contribution in [2.24, 2.45) is 0 Å². The summed E-state index contributed by atoms with van der Waals surface area (Å²) >= 11 is 0. The van der Waals surface area contributed by atoms with E-state index in [0.29, 0.717) is 5.92 Å². The van der Waals surface area contributed by atoms with Crippen LogP contribution in [0.5, 0.6) is 0 Å². The van der Waals surface area contributed by atoms with Gasteiger partial charge in [-0.15, -0.1) is 0 Å². The molecule has 1 aliphatic carbocycles. The first kappa shape index (κ1) is 22.3. The predicted molar refractivity (Wildman–Crippen MR) is 117 cm³/mol. The molecule has 1 aromatic carbocycles. The van der Waals surface area contributed by atoms with E-state index in [4.69, 9.17) is 0 Å². The van der Waals surface area contributed by atoms with Crippen molar-refractivity contribution in [3.63, 3.8) is 0 Å². The standard InChI is InChI=1S/C24H35N3O3/c1-16(2)18-11-13-19(14-12-18)24(5)22(29)26(23(30)25-24)15-21(28)27(17(3)4)20-9-7-6-8-10-20/h11-14,16-17,20H,6-10,15H2,1-5H3,(H,25,30). The van der Waals surface area contributed by atoms with Gasteiger partial charge in [-0.05, 0) is 50.7 Å². The van der Waals surface area contributed by atoms with Crippen LogP contribution in [-0.4, -0.2) is 46.3 Å². The summed E-state index contributed by atoms with van der Waals surface area (Å²) in [5.41, 5.74) is 0.750. The number of imide groups is 1. The van der Waals surface area contributed by atoms with E-state index in [2.05, 4.69) is 19.2 Å². The molecule has 2 fully saturated rings. The normalized spacial score (nSPS) is 22.7. The van der Waals surface area contributed by atoms with Crippen molar-refractivity contribution < 1.29 is 14.4 Å². The Morgan fingerprint density at radius 1 is 1.10 bits per heavy atom. The zero-order valence-corrected chi connectivity index (χ0v) is 18.9.